The van der Waals surface area contributed by atoms with Crippen LogP contribution < -0.4 is 11.1 Å². The van der Waals surface area contributed by atoms with Crippen molar-refractivity contribution in [2.45, 2.75) is 50.4 Å². The molecule has 1 aliphatic carbocycles. The van der Waals surface area contributed by atoms with E-state index in [2.05, 4.69) is 20.1 Å². The highest BCUT2D eigenvalue weighted by atomic mass is 19.4. The lowest BCUT2D eigenvalue weighted by Gasteiger charge is -2.29. The van der Waals surface area contributed by atoms with Gasteiger partial charge in [-0.05, 0) is 37.5 Å². The Hall–Kier alpha value is -3.65. The van der Waals surface area contributed by atoms with Crippen LogP contribution in [0, 0.1) is 13.5 Å². The number of nitrogens with zero attached hydrogens (tertiary/aromatic N) is 4. The van der Waals surface area contributed by atoms with Crippen LogP contribution in [0.25, 0.3) is 21.7 Å². The van der Waals surface area contributed by atoms with Crippen LogP contribution in [0.1, 0.15) is 47.8 Å². The summed E-state index contributed by atoms with van der Waals surface area (Å²) in [5, 5.41) is 12.9. The molecule has 0 spiro atoms. The maximum atomic E-state index is 13.4. The fraction of sp³-hybridized carbons (Fsp3) is 0.391. The number of fused-ring (bicyclic) bond motifs is 1. The number of aryl methyl sites for hydroxylation is 1. The third-order valence-electron chi connectivity index (χ3n) is 6.48. The molecule has 1 amide bonds. The van der Waals surface area contributed by atoms with Gasteiger partial charge in [0.05, 0.1) is 18.4 Å². The number of hydrogen-bond donors (Lipinski definition) is 3. The van der Waals surface area contributed by atoms with Gasteiger partial charge in [0.2, 0.25) is 5.54 Å². The molecule has 11 heteroatoms. The van der Waals surface area contributed by atoms with Gasteiger partial charge in [-0.3, -0.25) is 9.20 Å². The quantitative estimate of drug-likeness (QED) is 0.492. The first-order valence-electron chi connectivity index (χ1n) is 10.6. The molecule has 2 heterocycles. The topological polar surface area (TPSA) is 110 Å². The van der Waals surface area contributed by atoms with Gasteiger partial charge in [0, 0.05) is 24.6 Å². The van der Waals surface area contributed by atoms with Crippen LogP contribution >= 0.6 is 0 Å². The lowest BCUT2D eigenvalue weighted by Crippen LogP contribution is -2.45. The molecule has 4 rings (SSSR count). The highest BCUT2D eigenvalue weighted by Crippen LogP contribution is 2.40. The number of carbonyl (C=O) groups excluding carboxylic acids is 1. The second-order valence-corrected chi connectivity index (χ2v) is 8.82. The predicted molar refractivity (Wildman–Crippen MR) is 119 cm³/mol. The Morgan fingerprint density at radius 1 is 1.38 bits per heavy atom. The Morgan fingerprint density at radius 3 is 2.68 bits per heavy atom. The summed E-state index contributed by atoms with van der Waals surface area (Å²) in [5.41, 5.74) is 3.66. The molecular formula is C23H23F3N6O2. The van der Waals surface area contributed by atoms with E-state index in [1.165, 1.54) is 35.0 Å². The number of nitrogens with two attached hydrogens (primary N) is 1. The van der Waals surface area contributed by atoms with Crippen LogP contribution in [0.5, 0.6) is 0 Å². The number of imidazole rings is 1. The van der Waals surface area contributed by atoms with E-state index in [0.717, 1.165) is 6.42 Å². The highest BCUT2D eigenvalue weighted by molar-refractivity contribution is 5.93. The molecule has 2 aromatic heterocycles. The minimum Gasteiger partial charge on any atom is -0.381 e. The number of aromatic nitrogens is 3. The lowest BCUT2D eigenvalue weighted by molar-refractivity contribution is -0.258. The van der Waals surface area contributed by atoms with E-state index in [1.54, 1.807) is 6.92 Å². The summed E-state index contributed by atoms with van der Waals surface area (Å²) in [6.45, 7) is 9.95. The molecule has 1 aromatic carbocycles. The molecule has 3 aromatic rings. The van der Waals surface area contributed by atoms with E-state index in [1.807, 2.05) is 0 Å². The third kappa shape index (κ3) is 3.84. The monoisotopic (exact) mass is 472 g/mol. The van der Waals surface area contributed by atoms with Crippen molar-refractivity contribution >= 4 is 17.4 Å². The summed E-state index contributed by atoms with van der Waals surface area (Å²) in [6, 6.07) is 3.95. The largest absolute Gasteiger partial charge is 0.421 e. The Labute approximate surface area is 193 Å². The summed E-state index contributed by atoms with van der Waals surface area (Å²) >= 11 is 0. The molecule has 0 aliphatic heterocycles. The summed E-state index contributed by atoms with van der Waals surface area (Å²) in [5.74, 6) is -0.549. The molecule has 34 heavy (non-hydrogen) atoms. The summed E-state index contributed by atoms with van der Waals surface area (Å²) < 4.78 is 41.7. The molecule has 0 saturated heterocycles. The zero-order chi connectivity index (χ0) is 24.9. The molecule has 1 unspecified atom stereocenters. The standard InChI is InChI=1S/C23H23F3N6O2/c1-13-5-6-14(21(2,34)23(24,25)26)9-15(13)17-10-29-19-18(27)31-16(11-32(17)19)20(33)30-12-22(28-3)7-4-8-22/h5-6,9-11,34H,4,7-8,12H2,1-2H3,(H2,27,31)(H,30,33). The number of aliphatic hydroxyl groups is 1. The summed E-state index contributed by atoms with van der Waals surface area (Å²) in [4.78, 5) is 24.7. The van der Waals surface area contributed by atoms with E-state index < -0.39 is 23.2 Å². The number of anilines is 1. The van der Waals surface area contributed by atoms with Gasteiger partial charge in [-0.15, -0.1) is 0 Å². The van der Waals surface area contributed by atoms with Crippen molar-refractivity contribution in [3.8, 4) is 11.3 Å². The van der Waals surface area contributed by atoms with Crippen LogP contribution in [0.4, 0.5) is 19.0 Å². The summed E-state index contributed by atoms with van der Waals surface area (Å²) in [6.07, 6.45) is 0.326. The first kappa shape index (κ1) is 23.5. The zero-order valence-corrected chi connectivity index (χ0v) is 18.6. The van der Waals surface area contributed by atoms with Crippen molar-refractivity contribution < 1.29 is 23.1 Å². The Kier molecular flexibility index (Phi) is 5.52. The van der Waals surface area contributed by atoms with Crippen molar-refractivity contribution in [2.75, 3.05) is 12.3 Å². The number of hydrogen-bond acceptors (Lipinski definition) is 5. The summed E-state index contributed by atoms with van der Waals surface area (Å²) in [7, 11) is 0. The number of carbonyl (C=O) groups is 1. The Balaban J connectivity index is 1.74. The van der Waals surface area contributed by atoms with Gasteiger partial charge in [0.1, 0.15) is 5.69 Å². The van der Waals surface area contributed by atoms with Gasteiger partial charge >= 0.3 is 6.18 Å². The van der Waals surface area contributed by atoms with Gasteiger partial charge in [0.25, 0.3) is 5.91 Å². The maximum absolute atomic E-state index is 13.4. The number of amides is 1. The molecule has 1 atom stereocenters. The molecule has 0 bridgehead atoms. The Morgan fingerprint density at radius 2 is 2.09 bits per heavy atom. The van der Waals surface area contributed by atoms with Gasteiger partial charge in [-0.2, -0.15) is 13.2 Å². The molecular weight excluding hydrogens is 449 g/mol. The minimum atomic E-state index is -4.87. The second kappa shape index (κ2) is 7.99. The predicted octanol–water partition coefficient (Wildman–Crippen LogP) is 3.63. The van der Waals surface area contributed by atoms with Crippen molar-refractivity contribution in [3.63, 3.8) is 0 Å². The second-order valence-electron chi connectivity index (χ2n) is 8.82. The van der Waals surface area contributed by atoms with Crippen molar-refractivity contribution in [3.05, 3.63) is 58.8 Å². The van der Waals surface area contributed by atoms with E-state index in [9.17, 15) is 23.1 Å². The zero-order valence-electron chi connectivity index (χ0n) is 18.6. The lowest BCUT2D eigenvalue weighted by atomic mass is 9.77. The molecule has 1 fully saturated rings. The van der Waals surface area contributed by atoms with E-state index >= 15 is 0 Å². The molecule has 8 nitrogen and oxygen atoms in total. The van der Waals surface area contributed by atoms with Crippen molar-refractivity contribution in [2.24, 2.45) is 0 Å². The number of halogens is 3. The maximum Gasteiger partial charge on any atom is 0.421 e. The van der Waals surface area contributed by atoms with Crippen molar-refractivity contribution in [1.29, 1.82) is 0 Å². The Bertz CT molecular complexity index is 1320. The van der Waals surface area contributed by atoms with Crippen molar-refractivity contribution in [1.82, 2.24) is 19.7 Å². The molecule has 178 valence electrons. The third-order valence-corrected chi connectivity index (χ3v) is 6.48. The van der Waals surface area contributed by atoms with Crippen LogP contribution in [0.3, 0.4) is 0 Å². The van der Waals surface area contributed by atoms with E-state index in [4.69, 9.17) is 12.3 Å². The molecule has 0 radical (unpaired) electrons. The van der Waals surface area contributed by atoms with E-state index in [-0.39, 0.29) is 29.3 Å². The number of rotatable bonds is 5. The number of nitrogens with one attached hydrogen (secondary N) is 1. The number of benzene rings is 1. The van der Waals surface area contributed by atoms with Gasteiger partial charge in [0.15, 0.2) is 17.1 Å². The highest BCUT2D eigenvalue weighted by Gasteiger charge is 2.51. The fourth-order valence-corrected chi connectivity index (χ4v) is 3.93. The SMILES string of the molecule is [C-]#[N+]C1(CNC(=O)c2cn3c(-c4cc(C(C)(O)C(F)(F)F)ccc4C)cnc3c(N)n2)CCC1. The van der Waals surface area contributed by atoms with Crippen LogP contribution in [0.15, 0.2) is 30.6 Å². The average Bonchev–Trinajstić information content (AvgIpc) is 3.17. The first-order valence-corrected chi connectivity index (χ1v) is 10.6. The number of nitrogen functional groups attached to an aromatic ring is 1. The molecule has 1 aliphatic rings. The van der Waals surface area contributed by atoms with Gasteiger partial charge in [-0.1, -0.05) is 12.1 Å². The normalized spacial score (nSPS) is 17.0. The van der Waals surface area contributed by atoms with Gasteiger partial charge in [-0.25, -0.2) is 16.5 Å². The first-order chi connectivity index (χ1) is 15.9. The molecule has 1 saturated carbocycles. The molecule has 4 N–H and O–H groups in total. The van der Waals surface area contributed by atoms with Crippen LogP contribution in [-0.4, -0.2) is 43.6 Å². The van der Waals surface area contributed by atoms with Crippen LogP contribution in [0.2, 0.25) is 0 Å². The minimum absolute atomic E-state index is 0.0141. The fourth-order valence-electron chi connectivity index (χ4n) is 3.93. The number of alkyl halides is 3. The smallest absolute Gasteiger partial charge is 0.381 e. The van der Waals surface area contributed by atoms with Gasteiger partial charge < -0.3 is 21.0 Å². The van der Waals surface area contributed by atoms with Crippen LogP contribution in [-0.2, 0) is 5.60 Å². The van der Waals surface area contributed by atoms with E-state index in [0.29, 0.717) is 36.6 Å². The average molecular weight is 472 g/mol.